The van der Waals surface area contributed by atoms with Crippen molar-refractivity contribution in [3.8, 4) is 0 Å². The van der Waals surface area contributed by atoms with Crippen LogP contribution in [0.5, 0.6) is 0 Å². The van der Waals surface area contributed by atoms with E-state index in [9.17, 15) is 0 Å². The molecule has 0 N–H and O–H groups in total. The first-order chi connectivity index (χ1) is 16.5. The zero-order valence-corrected chi connectivity index (χ0v) is 20.6. The Balaban J connectivity index is 0.00000133. The molecule has 0 radical (unpaired) electrons. The van der Waals surface area contributed by atoms with Crippen LogP contribution in [-0.2, 0) is 16.7 Å². The van der Waals surface area contributed by atoms with Crippen LogP contribution in [0.3, 0.4) is 0 Å². The molecule has 1 saturated heterocycles. The third-order valence-corrected chi connectivity index (χ3v) is 6.42. The Bertz CT molecular complexity index is 1220. The molecule has 2 atom stereocenters. The molecule has 0 bridgehead atoms. The van der Waals surface area contributed by atoms with Gasteiger partial charge in [0.2, 0.25) is 5.89 Å². The molecule has 0 spiro atoms. The van der Waals surface area contributed by atoms with Gasteiger partial charge in [0.05, 0.1) is 24.3 Å². The van der Waals surface area contributed by atoms with Crippen LogP contribution in [0.4, 0.5) is 0 Å². The summed E-state index contributed by atoms with van der Waals surface area (Å²) in [5, 5.41) is 13.0. The third kappa shape index (κ3) is 4.22. The largest absolute Gasteiger partial charge is 0.372 e. The van der Waals surface area contributed by atoms with Gasteiger partial charge in [-0.15, -0.1) is 15.6 Å². The van der Waals surface area contributed by atoms with Gasteiger partial charge in [-0.1, -0.05) is 62.3 Å². The fourth-order valence-corrected chi connectivity index (χ4v) is 4.37. The summed E-state index contributed by atoms with van der Waals surface area (Å²) >= 11 is 0. The van der Waals surface area contributed by atoms with E-state index in [1.54, 1.807) is 17.3 Å². The quantitative estimate of drug-likeness (QED) is 0.490. The molecule has 2 aliphatic heterocycles. The topological polar surface area (TPSA) is 81.6 Å². The Kier molecular flexibility index (Phi) is 6.82. The number of hydrogen-bond acceptors (Lipinski definition) is 7. The summed E-state index contributed by atoms with van der Waals surface area (Å²) in [4.78, 5) is 8.23. The van der Waals surface area contributed by atoms with Gasteiger partial charge >= 0.3 is 0 Å². The van der Waals surface area contributed by atoms with Gasteiger partial charge in [-0.3, -0.25) is 0 Å². The van der Waals surface area contributed by atoms with Crippen molar-refractivity contribution in [2.24, 2.45) is 5.10 Å². The number of benzene rings is 1. The summed E-state index contributed by atoms with van der Waals surface area (Å²) in [6.07, 6.45) is 5.18. The van der Waals surface area contributed by atoms with E-state index in [0.717, 1.165) is 29.8 Å². The minimum atomic E-state index is -0.264. The molecule has 2 aliphatic rings. The lowest BCUT2D eigenvalue weighted by molar-refractivity contribution is 0.103. The van der Waals surface area contributed by atoms with Gasteiger partial charge in [0, 0.05) is 0 Å². The minimum absolute atomic E-state index is 0.0327. The Hall–Kier alpha value is -3.48. The fourth-order valence-electron chi connectivity index (χ4n) is 4.37. The van der Waals surface area contributed by atoms with Gasteiger partial charge in [-0.05, 0) is 37.8 Å². The fraction of sp³-hybridized carbons (Fsp3) is 0.423. The summed E-state index contributed by atoms with van der Waals surface area (Å²) in [5.41, 5.74) is 7.80. The summed E-state index contributed by atoms with van der Waals surface area (Å²) < 4.78 is 11.8. The van der Waals surface area contributed by atoms with Crippen molar-refractivity contribution in [2.45, 2.75) is 65.5 Å². The van der Waals surface area contributed by atoms with Crippen molar-refractivity contribution in [2.75, 3.05) is 6.61 Å². The highest BCUT2D eigenvalue weighted by molar-refractivity contribution is 5.77. The van der Waals surface area contributed by atoms with Crippen molar-refractivity contribution in [1.29, 1.82) is 0 Å². The van der Waals surface area contributed by atoms with Crippen molar-refractivity contribution in [3.63, 3.8) is 0 Å². The van der Waals surface area contributed by atoms with Crippen molar-refractivity contribution in [1.82, 2.24) is 24.9 Å². The van der Waals surface area contributed by atoms with Crippen LogP contribution >= 0.6 is 0 Å². The molecule has 0 aliphatic carbocycles. The molecular formula is C26H32N6O2. The Morgan fingerprint density at radius 2 is 1.97 bits per heavy atom. The van der Waals surface area contributed by atoms with Gasteiger partial charge in [-0.2, -0.15) is 10.1 Å². The maximum Gasteiger partial charge on any atom is 0.246 e. The lowest BCUT2D eigenvalue weighted by atomic mass is 9.81. The zero-order chi connectivity index (χ0) is 24.3. The molecule has 1 aromatic carbocycles. The lowest BCUT2D eigenvalue weighted by Crippen LogP contribution is -2.28. The van der Waals surface area contributed by atoms with Gasteiger partial charge in [0.25, 0.3) is 0 Å². The smallest absolute Gasteiger partial charge is 0.246 e. The molecule has 0 unspecified atom stereocenters. The molecule has 8 nitrogen and oxygen atoms in total. The second-order valence-corrected chi connectivity index (χ2v) is 8.51. The third-order valence-electron chi connectivity index (χ3n) is 6.42. The van der Waals surface area contributed by atoms with E-state index in [0.29, 0.717) is 24.9 Å². The van der Waals surface area contributed by atoms with Crippen LogP contribution in [0.2, 0.25) is 0 Å². The molecule has 1 fully saturated rings. The van der Waals surface area contributed by atoms with Crippen LogP contribution in [0.25, 0.3) is 5.70 Å². The number of nitrogens with zero attached hydrogens (tertiary/aromatic N) is 6. The van der Waals surface area contributed by atoms with Gasteiger partial charge in [-0.25, -0.2) is 0 Å². The molecular weight excluding hydrogens is 428 g/mol. The normalized spacial score (nSPS) is 21.1. The van der Waals surface area contributed by atoms with Crippen molar-refractivity contribution in [3.05, 3.63) is 76.9 Å². The Labute approximate surface area is 200 Å². The summed E-state index contributed by atoms with van der Waals surface area (Å²) in [6, 6.07) is 8.52. The standard InChI is InChI=1S/C24H26N6O2.C2H6/c1-5-19-22-17(4)12-25-30(22)26-15-29(19)13-21-27-23(28-32-21)24(6-2)11-20(31-14-24)18-9-7-16(3)8-10-18;1-2/h7-10,12,15,20H,1,6,11,13-14H2,2-4H3;1-2H3/t20-,24+;/m1./s1. The van der Waals surface area contributed by atoms with E-state index >= 15 is 0 Å². The zero-order valence-electron chi connectivity index (χ0n) is 20.6. The van der Waals surface area contributed by atoms with E-state index < -0.39 is 0 Å². The maximum atomic E-state index is 6.19. The second kappa shape index (κ2) is 9.79. The molecule has 34 heavy (non-hydrogen) atoms. The summed E-state index contributed by atoms with van der Waals surface area (Å²) in [7, 11) is 0. The summed E-state index contributed by atoms with van der Waals surface area (Å²) in [6.45, 7) is 15.0. The van der Waals surface area contributed by atoms with Crippen LogP contribution in [-0.4, -0.2) is 37.9 Å². The Morgan fingerprint density at radius 3 is 2.68 bits per heavy atom. The molecule has 3 aromatic rings. The molecule has 5 rings (SSSR count). The Morgan fingerprint density at radius 1 is 1.21 bits per heavy atom. The first kappa shape index (κ1) is 23.7. The monoisotopic (exact) mass is 460 g/mol. The summed E-state index contributed by atoms with van der Waals surface area (Å²) in [5.74, 6) is 1.21. The van der Waals surface area contributed by atoms with Gasteiger partial charge < -0.3 is 14.2 Å². The first-order valence-corrected chi connectivity index (χ1v) is 11.8. The van der Waals surface area contributed by atoms with E-state index in [-0.39, 0.29) is 11.5 Å². The van der Waals surface area contributed by atoms with Crippen molar-refractivity contribution >= 4 is 12.0 Å². The number of aromatic nitrogens is 4. The highest BCUT2D eigenvalue weighted by atomic mass is 16.5. The predicted octanol–water partition coefficient (Wildman–Crippen LogP) is 5.15. The number of hydrogen-bond donors (Lipinski definition) is 0. The highest BCUT2D eigenvalue weighted by Gasteiger charge is 2.44. The number of rotatable bonds is 5. The van der Waals surface area contributed by atoms with Crippen LogP contribution in [0, 0.1) is 13.8 Å². The van der Waals surface area contributed by atoms with E-state index in [1.807, 2.05) is 25.7 Å². The SMILES string of the molecule is C=C=C1c2c(C)cnn2N=CN1Cc1nc([C@]2(CC)CO[C@@H](c3ccc(C)cc3)C2)no1.CC. The average Bonchev–Trinajstić information content (AvgIpc) is 3.61. The first-order valence-electron chi connectivity index (χ1n) is 11.8. The second-order valence-electron chi connectivity index (χ2n) is 8.51. The molecule has 2 aromatic heterocycles. The van der Waals surface area contributed by atoms with E-state index in [1.165, 1.54) is 11.1 Å². The van der Waals surface area contributed by atoms with Gasteiger partial charge in [0.1, 0.15) is 24.3 Å². The maximum absolute atomic E-state index is 6.19. The molecule has 0 saturated carbocycles. The number of aryl methyl sites for hydroxylation is 2. The van der Waals surface area contributed by atoms with Crippen LogP contribution < -0.4 is 0 Å². The predicted molar refractivity (Wildman–Crippen MR) is 131 cm³/mol. The van der Waals surface area contributed by atoms with Crippen LogP contribution in [0.15, 0.2) is 52.4 Å². The number of ether oxygens (including phenoxy) is 1. The minimum Gasteiger partial charge on any atom is -0.372 e. The van der Waals surface area contributed by atoms with Crippen LogP contribution in [0.1, 0.15) is 73.8 Å². The molecule has 0 amide bonds. The molecule has 4 heterocycles. The van der Waals surface area contributed by atoms with Crippen molar-refractivity contribution < 1.29 is 9.26 Å². The van der Waals surface area contributed by atoms with Gasteiger partial charge in [0.15, 0.2) is 5.82 Å². The van der Waals surface area contributed by atoms with E-state index in [2.05, 4.69) is 65.8 Å². The number of fused-ring (bicyclic) bond motifs is 1. The van der Waals surface area contributed by atoms with E-state index in [4.69, 9.17) is 14.2 Å². The highest BCUT2D eigenvalue weighted by Crippen LogP contribution is 2.44. The lowest BCUT2D eigenvalue weighted by Gasteiger charge is -2.23. The molecule has 8 heteroatoms. The molecule has 178 valence electrons. The average molecular weight is 461 g/mol.